The number of aromatic nitrogens is 1. The van der Waals surface area contributed by atoms with Crippen LogP contribution in [0.2, 0.25) is 0 Å². The third-order valence-electron chi connectivity index (χ3n) is 2.58. The number of fused-ring (bicyclic) bond motifs is 1. The average molecular weight is 271 g/mol. The fourth-order valence-electron chi connectivity index (χ4n) is 1.79. The number of hydrogen-bond donors (Lipinski definition) is 1. The Labute approximate surface area is 107 Å². The quantitative estimate of drug-likeness (QED) is 0.929. The van der Waals surface area contributed by atoms with Gasteiger partial charge in [0.05, 0.1) is 12.1 Å². The topological polar surface area (TPSA) is 42.4 Å². The van der Waals surface area contributed by atoms with Crippen LogP contribution < -0.4 is 0 Å². The molecule has 1 unspecified atom stereocenters. The molecule has 6 heteroatoms. The van der Waals surface area contributed by atoms with Gasteiger partial charge in [-0.05, 0) is 17.7 Å². The smallest absolute Gasteiger partial charge is 0.386 e. The van der Waals surface area contributed by atoms with Gasteiger partial charge in [-0.3, -0.25) is 4.98 Å². The predicted octanol–water partition coefficient (Wildman–Crippen LogP) is 2.85. The summed E-state index contributed by atoms with van der Waals surface area (Å²) in [5, 5.41) is 10.6. The van der Waals surface area contributed by atoms with Crippen LogP contribution in [-0.2, 0) is 4.74 Å². The van der Waals surface area contributed by atoms with Crippen molar-refractivity contribution < 1.29 is 23.0 Å². The molecular weight excluding hydrogens is 259 g/mol. The van der Waals surface area contributed by atoms with E-state index in [0.717, 1.165) is 0 Å². The molecular formula is C13H12F3NO2. The van der Waals surface area contributed by atoms with Crippen molar-refractivity contribution in [2.24, 2.45) is 0 Å². The van der Waals surface area contributed by atoms with Crippen LogP contribution in [-0.4, -0.2) is 29.5 Å². The van der Waals surface area contributed by atoms with Crippen LogP contribution in [0, 0.1) is 0 Å². The molecule has 0 saturated carbocycles. The van der Waals surface area contributed by atoms with E-state index in [9.17, 15) is 18.3 Å². The monoisotopic (exact) mass is 271 g/mol. The van der Waals surface area contributed by atoms with Crippen LogP contribution in [0.25, 0.3) is 10.9 Å². The largest absolute Gasteiger partial charge is 0.411 e. The lowest BCUT2D eigenvalue weighted by Crippen LogP contribution is -2.19. The number of rotatable bonds is 4. The fourth-order valence-corrected chi connectivity index (χ4v) is 1.79. The van der Waals surface area contributed by atoms with E-state index in [1.807, 2.05) is 0 Å². The number of halogens is 3. The summed E-state index contributed by atoms with van der Waals surface area (Å²) >= 11 is 0. The minimum absolute atomic E-state index is 0.409. The van der Waals surface area contributed by atoms with Gasteiger partial charge >= 0.3 is 6.18 Å². The van der Waals surface area contributed by atoms with Crippen LogP contribution >= 0.6 is 0 Å². The van der Waals surface area contributed by atoms with Gasteiger partial charge in [0.2, 0.25) is 0 Å². The minimum atomic E-state index is -4.39. The molecule has 0 aliphatic carbocycles. The number of ether oxygens (including phenoxy) is 1. The fraction of sp³-hybridized carbons (Fsp3) is 0.308. The van der Waals surface area contributed by atoms with Crippen LogP contribution in [0.3, 0.4) is 0 Å². The molecule has 0 saturated heterocycles. The van der Waals surface area contributed by atoms with Gasteiger partial charge < -0.3 is 9.84 Å². The Balaban J connectivity index is 2.11. The Morgan fingerprint density at radius 2 is 2.00 bits per heavy atom. The third kappa shape index (κ3) is 3.65. The molecule has 0 aliphatic heterocycles. The Bertz CT molecular complexity index is 552. The summed E-state index contributed by atoms with van der Waals surface area (Å²) < 4.78 is 40.3. The zero-order chi connectivity index (χ0) is 13.9. The molecule has 1 aromatic carbocycles. The first-order chi connectivity index (χ1) is 8.97. The molecule has 1 atom stereocenters. The summed E-state index contributed by atoms with van der Waals surface area (Å²) in [5.74, 6) is 0. The second-order valence-corrected chi connectivity index (χ2v) is 4.06. The maximum atomic E-state index is 11.9. The molecule has 1 N–H and O–H groups in total. The second kappa shape index (κ2) is 5.54. The molecule has 2 aromatic rings. The van der Waals surface area contributed by atoms with Gasteiger partial charge in [-0.2, -0.15) is 13.2 Å². The molecule has 0 fully saturated rings. The zero-order valence-electron chi connectivity index (χ0n) is 9.89. The lowest BCUT2D eigenvalue weighted by Gasteiger charge is -2.14. The first kappa shape index (κ1) is 13.8. The predicted molar refractivity (Wildman–Crippen MR) is 63.6 cm³/mol. The van der Waals surface area contributed by atoms with Crippen LogP contribution in [0.1, 0.15) is 11.7 Å². The van der Waals surface area contributed by atoms with E-state index in [4.69, 9.17) is 0 Å². The van der Waals surface area contributed by atoms with Gasteiger partial charge in [0.1, 0.15) is 12.7 Å². The number of hydrogen-bond acceptors (Lipinski definition) is 3. The highest BCUT2D eigenvalue weighted by molar-refractivity contribution is 5.82. The number of aliphatic hydroxyl groups is 1. The molecule has 1 heterocycles. The lowest BCUT2D eigenvalue weighted by atomic mass is 10.0. The summed E-state index contributed by atoms with van der Waals surface area (Å²) in [6.07, 6.45) is -3.89. The first-order valence-corrected chi connectivity index (χ1v) is 5.63. The van der Waals surface area contributed by atoms with Crippen molar-refractivity contribution in [1.29, 1.82) is 0 Å². The molecule has 102 valence electrons. The van der Waals surface area contributed by atoms with E-state index >= 15 is 0 Å². The summed E-state index contributed by atoms with van der Waals surface area (Å²) in [6, 6.07) is 8.56. The van der Waals surface area contributed by atoms with E-state index in [2.05, 4.69) is 9.72 Å². The summed E-state index contributed by atoms with van der Waals surface area (Å²) in [5.41, 5.74) is 1.18. The molecule has 0 aliphatic rings. The molecule has 3 nitrogen and oxygen atoms in total. The zero-order valence-corrected chi connectivity index (χ0v) is 9.89. The van der Waals surface area contributed by atoms with Crippen molar-refractivity contribution in [2.45, 2.75) is 12.3 Å². The molecule has 0 bridgehead atoms. The van der Waals surface area contributed by atoms with Gasteiger partial charge in [0.25, 0.3) is 0 Å². The number of aliphatic hydroxyl groups excluding tert-OH is 1. The number of pyridine rings is 1. The van der Waals surface area contributed by atoms with Crippen LogP contribution in [0.4, 0.5) is 13.2 Å². The molecule has 2 rings (SSSR count). The van der Waals surface area contributed by atoms with Crippen molar-refractivity contribution in [2.75, 3.05) is 13.2 Å². The van der Waals surface area contributed by atoms with E-state index in [-0.39, 0.29) is 0 Å². The van der Waals surface area contributed by atoms with E-state index in [1.165, 1.54) is 0 Å². The maximum Gasteiger partial charge on any atom is 0.411 e. The molecule has 0 radical (unpaired) electrons. The summed E-state index contributed by atoms with van der Waals surface area (Å²) in [6.45, 7) is -1.78. The average Bonchev–Trinajstić information content (AvgIpc) is 2.36. The Morgan fingerprint density at radius 1 is 1.21 bits per heavy atom. The number of alkyl halides is 3. The molecule has 1 aromatic heterocycles. The maximum absolute atomic E-state index is 11.9. The molecule has 19 heavy (non-hydrogen) atoms. The first-order valence-electron chi connectivity index (χ1n) is 5.63. The number of benzene rings is 1. The van der Waals surface area contributed by atoms with Crippen molar-refractivity contribution in [3.8, 4) is 0 Å². The SMILES string of the molecule is OC(COCC(F)(F)F)c1cccc2ncccc12. The summed E-state index contributed by atoms with van der Waals surface area (Å²) in [7, 11) is 0. The van der Waals surface area contributed by atoms with E-state index < -0.39 is 25.5 Å². The normalized spacial score (nSPS) is 13.7. The Morgan fingerprint density at radius 3 is 2.74 bits per heavy atom. The highest BCUT2D eigenvalue weighted by Gasteiger charge is 2.28. The Hall–Kier alpha value is -1.66. The highest BCUT2D eigenvalue weighted by Crippen LogP contribution is 2.24. The summed E-state index contributed by atoms with van der Waals surface area (Å²) in [4.78, 5) is 4.11. The van der Waals surface area contributed by atoms with E-state index in [0.29, 0.717) is 16.5 Å². The lowest BCUT2D eigenvalue weighted by molar-refractivity contribution is -0.179. The molecule has 0 spiro atoms. The molecule has 0 amide bonds. The van der Waals surface area contributed by atoms with Crippen molar-refractivity contribution in [3.05, 3.63) is 42.1 Å². The van der Waals surface area contributed by atoms with Crippen molar-refractivity contribution in [3.63, 3.8) is 0 Å². The van der Waals surface area contributed by atoms with Crippen molar-refractivity contribution >= 4 is 10.9 Å². The van der Waals surface area contributed by atoms with Gasteiger partial charge in [-0.25, -0.2) is 0 Å². The highest BCUT2D eigenvalue weighted by atomic mass is 19.4. The van der Waals surface area contributed by atoms with E-state index in [1.54, 1.807) is 36.5 Å². The van der Waals surface area contributed by atoms with Gasteiger partial charge in [-0.1, -0.05) is 18.2 Å². The van der Waals surface area contributed by atoms with Crippen molar-refractivity contribution in [1.82, 2.24) is 4.98 Å². The Kier molecular flexibility index (Phi) is 4.01. The van der Waals surface area contributed by atoms with Gasteiger partial charge in [0, 0.05) is 11.6 Å². The number of nitrogens with zero attached hydrogens (tertiary/aromatic N) is 1. The standard InChI is InChI=1S/C13H12F3NO2/c14-13(15,16)8-19-7-12(18)10-3-1-5-11-9(10)4-2-6-17-11/h1-6,12,18H,7-8H2. The minimum Gasteiger partial charge on any atom is -0.386 e. The van der Waals surface area contributed by atoms with Crippen LogP contribution in [0.5, 0.6) is 0 Å². The van der Waals surface area contributed by atoms with Gasteiger partial charge in [-0.15, -0.1) is 0 Å². The van der Waals surface area contributed by atoms with Gasteiger partial charge in [0.15, 0.2) is 0 Å². The second-order valence-electron chi connectivity index (χ2n) is 4.06. The third-order valence-corrected chi connectivity index (χ3v) is 2.58. The van der Waals surface area contributed by atoms with Crippen LogP contribution in [0.15, 0.2) is 36.5 Å².